The largest absolute Gasteiger partial charge is 0.484 e. The number of thiophene rings is 1. The van der Waals surface area contributed by atoms with Gasteiger partial charge in [-0.25, -0.2) is 9.37 Å². The van der Waals surface area contributed by atoms with Crippen LogP contribution < -0.4 is 10.3 Å². The summed E-state index contributed by atoms with van der Waals surface area (Å²) in [5, 5.41) is 8.90. The standard InChI is InChI=1S/C24H19FN4O3S2/c1-13-3-5-15(6-4-13)20-14(2)34-23-21(20)22(30)26-18(27-23)12-33-24-29-28-19(32-24)11-31-17-9-7-16(25)8-10-17/h3-10H,11-12H2,1-2H3,(H,26,27,30). The van der Waals surface area contributed by atoms with Gasteiger partial charge in [0, 0.05) is 10.4 Å². The zero-order valence-corrected chi connectivity index (χ0v) is 19.9. The number of halogens is 1. The predicted molar refractivity (Wildman–Crippen MR) is 130 cm³/mol. The Morgan fingerprint density at radius 3 is 2.62 bits per heavy atom. The van der Waals surface area contributed by atoms with Crippen LogP contribution in [-0.2, 0) is 12.4 Å². The molecule has 0 aliphatic heterocycles. The minimum Gasteiger partial charge on any atom is -0.484 e. The molecule has 0 aliphatic rings. The van der Waals surface area contributed by atoms with Gasteiger partial charge in [-0.1, -0.05) is 41.6 Å². The second-order valence-corrected chi connectivity index (χ2v) is 9.71. The zero-order chi connectivity index (χ0) is 23.7. The maximum absolute atomic E-state index is 13.0. The molecule has 172 valence electrons. The van der Waals surface area contributed by atoms with E-state index in [2.05, 4.69) is 20.2 Å². The summed E-state index contributed by atoms with van der Waals surface area (Å²) in [7, 11) is 0. The van der Waals surface area contributed by atoms with E-state index in [1.807, 2.05) is 38.1 Å². The Bertz CT molecular complexity index is 1510. The van der Waals surface area contributed by atoms with E-state index in [9.17, 15) is 9.18 Å². The fourth-order valence-corrected chi connectivity index (χ4v) is 5.18. The molecule has 0 fully saturated rings. The van der Waals surface area contributed by atoms with Crippen molar-refractivity contribution in [1.82, 2.24) is 20.2 Å². The lowest BCUT2D eigenvalue weighted by molar-refractivity contribution is 0.252. The molecule has 0 saturated carbocycles. The molecule has 5 aromatic rings. The summed E-state index contributed by atoms with van der Waals surface area (Å²) in [6.45, 7) is 4.10. The molecule has 0 atom stereocenters. The molecule has 0 radical (unpaired) electrons. The van der Waals surface area contributed by atoms with Gasteiger partial charge in [-0.15, -0.1) is 21.5 Å². The molecule has 5 rings (SSSR count). The van der Waals surface area contributed by atoms with E-state index in [1.54, 1.807) is 0 Å². The molecular formula is C24H19FN4O3S2. The van der Waals surface area contributed by atoms with E-state index in [4.69, 9.17) is 9.15 Å². The first kappa shape index (κ1) is 22.3. The van der Waals surface area contributed by atoms with E-state index >= 15 is 0 Å². The molecule has 1 N–H and O–H groups in total. The SMILES string of the molecule is Cc1ccc(-c2c(C)sc3nc(CSc4nnc(COc5ccc(F)cc5)o4)[nH]c(=O)c23)cc1. The molecule has 0 aliphatic carbocycles. The maximum atomic E-state index is 13.0. The summed E-state index contributed by atoms with van der Waals surface area (Å²) >= 11 is 2.78. The van der Waals surface area contributed by atoms with Gasteiger partial charge in [0.2, 0.25) is 0 Å². The number of aromatic amines is 1. The van der Waals surface area contributed by atoms with Crippen molar-refractivity contribution in [3.63, 3.8) is 0 Å². The molecule has 0 unspecified atom stereocenters. The van der Waals surface area contributed by atoms with Crippen molar-refractivity contribution in [2.75, 3.05) is 0 Å². The van der Waals surface area contributed by atoms with E-state index in [0.717, 1.165) is 16.0 Å². The number of nitrogens with one attached hydrogen (secondary N) is 1. The second-order valence-electron chi connectivity index (χ2n) is 7.59. The van der Waals surface area contributed by atoms with Crippen LogP contribution in [0.2, 0.25) is 0 Å². The Morgan fingerprint density at radius 1 is 1.09 bits per heavy atom. The summed E-state index contributed by atoms with van der Waals surface area (Å²) < 4.78 is 24.1. The first-order valence-electron chi connectivity index (χ1n) is 10.4. The Morgan fingerprint density at radius 2 is 1.85 bits per heavy atom. The average Bonchev–Trinajstić information content (AvgIpc) is 3.42. The minimum absolute atomic E-state index is 0.0660. The van der Waals surface area contributed by atoms with Crippen molar-refractivity contribution in [2.24, 2.45) is 0 Å². The quantitative estimate of drug-likeness (QED) is 0.292. The summed E-state index contributed by atoms with van der Waals surface area (Å²) in [6, 6.07) is 13.8. The van der Waals surface area contributed by atoms with Crippen LogP contribution in [0.5, 0.6) is 5.75 Å². The van der Waals surface area contributed by atoms with E-state index in [-0.39, 0.29) is 18.0 Å². The summed E-state index contributed by atoms with van der Waals surface area (Å²) in [4.78, 5) is 22.2. The number of nitrogens with zero attached hydrogens (tertiary/aromatic N) is 3. The van der Waals surface area contributed by atoms with E-state index in [0.29, 0.717) is 38.7 Å². The van der Waals surface area contributed by atoms with Crippen molar-refractivity contribution >= 4 is 33.3 Å². The Hall–Kier alpha value is -3.50. The number of aromatic nitrogens is 4. The van der Waals surface area contributed by atoms with Crippen molar-refractivity contribution in [1.29, 1.82) is 0 Å². The first-order valence-corrected chi connectivity index (χ1v) is 12.2. The molecule has 3 aromatic heterocycles. The van der Waals surface area contributed by atoms with Crippen LogP contribution in [0.25, 0.3) is 21.3 Å². The van der Waals surface area contributed by atoms with Crippen LogP contribution in [0.15, 0.2) is 63.0 Å². The zero-order valence-electron chi connectivity index (χ0n) is 18.3. The smallest absolute Gasteiger partial charge is 0.277 e. The molecule has 0 amide bonds. The van der Waals surface area contributed by atoms with E-state index < -0.39 is 0 Å². The first-order chi connectivity index (χ1) is 16.5. The number of benzene rings is 2. The number of thioether (sulfide) groups is 1. The van der Waals surface area contributed by atoms with Gasteiger partial charge < -0.3 is 14.1 Å². The van der Waals surface area contributed by atoms with Gasteiger partial charge in [0.1, 0.15) is 22.2 Å². The van der Waals surface area contributed by atoms with Gasteiger partial charge >= 0.3 is 0 Å². The van der Waals surface area contributed by atoms with Crippen molar-refractivity contribution < 1.29 is 13.5 Å². The van der Waals surface area contributed by atoms with Crippen molar-refractivity contribution in [3.05, 3.63) is 86.9 Å². The third-order valence-electron chi connectivity index (χ3n) is 5.08. The Kier molecular flexibility index (Phi) is 6.16. The summed E-state index contributed by atoms with van der Waals surface area (Å²) in [6.07, 6.45) is 0. The van der Waals surface area contributed by atoms with Crippen LogP contribution >= 0.6 is 23.1 Å². The molecule has 0 bridgehead atoms. The van der Waals surface area contributed by atoms with Gasteiger partial charge in [0.15, 0.2) is 6.61 Å². The molecular weight excluding hydrogens is 475 g/mol. The minimum atomic E-state index is -0.335. The van der Waals surface area contributed by atoms with Gasteiger partial charge in [-0.3, -0.25) is 4.79 Å². The van der Waals surface area contributed by atoms with Gasteiger partial charge in [0.05, 0.1) is 11.1 Å². The number of aryl methyl sites for hydroxylation is 2. The van der Waals surface area contributed by atoms with Crippen LogP contribution in [-0.4, -0.2) is 20.2 Å². The fourth-order valence-electron chi connectivity index (χ4n) is 3.46. The normalized spacial score (nSPS) is 11.3. The highest BCUT2D eigenvalue weighted by atomic mass is 32.2. The van der Waals surface area contributed by atoms with Crippen molar-refractivity contribution in [2.45, 2.75) is 31.4 Å². The highest BCUT2D eigenvalue weighted by molar-refractivity contribution is 7.98. The van der Waals surface area contributed by atoms with Crippen molar-refractivity contribution in [3.8, 4) is 16.9 Å². The lowest BCUT2D eigenvalue weighted by Gasteiger charge is -2.03. The lowest BCUT2D eigenvalue weighted by atomic mass is 10.0. The van der Waals surface area contributed by atoms with Crippen LogP contribution in [0.3, 0.4) is 0 Å². The third-order valence-corrected chi connectivity index (χ3v) is 6.91. The molecule has 7 nitrogen and oxygen atoms in total. The highest BCUT2D eigenvalue weighted by Crippen LogP contribution is 2.35. The molecule has 2 aromatic carbocycles. The number of hydrogen-bond donors (Lipinski definition) is 1. The second kappa shape index (κ2) is 9.40. The molecule has 0 spiro atoms. The summed E-state index contributed by atoms with van der Waals surface area (Å²) in [5.74, 6) is 1.35. The Labute approximate surface area is 202 Å². The third kappa shape index (κ3) is 4.73. The number of hydrogen-bond acceptors (Lipinski definition) is 8. The van der Waals surface area contributed by atoms with Crippen LogP contribution in [0, 0.1) is 19.7 Å². The maximum Gasteiger partial charge on any atom is 0.277 e. The van der Waals surface area contributed by atoms with E-state index in [1.165, 1.54) is 52.9 Å². The van der Waals surface area contributed by atoms with Crippen LogP contribution in [0.1, 0.15) is 22.2 Å². The highest BCUT2D eigenvalue weighted by Gasteiger charge is 2.17. The average molecular weight is 495 g/mol. The monoisotopic (exact) mass is 494 g/mol. The van der Waals surface area contributed by atoms with Crippen LogP contribution in [0.4, 0.5) is 4.39 Å². The number of rotatable bonds is 7. The molecule has 34 heavy (non-hydrogen) atoms. The summed E-state index contributed by atoms with van der Waals surface area (Å²) in [5.41, 5.74) is 2.93. The van der Waals surface area contributed by atoms with Gasteiger partial charge in [-0.05, 0) is 43.7 Å². The predicted octanol–water partition coefficient (Wildman–Crippen LogP) is 5.66. The molecule has 0 saturated heterocycles. The van der Waals surface area contributed by atoms with Gasteiger partial charge in [0.25, 0.3) is 16.7 Å². The molecule has 10 heteroatoms. The fraction of sp³-hybridized carbons (Fsp3) is 0.167. The lowest BCUT2D eigenvalue weighted by Crippen LogP contribution is -2.10. The number of fused-ring (bicyclic) bond motifs is 1. The number of ether oxygens (including phenoxy) is 1. The number of H-pyrrole nitrogens is 1. The Balaban J connectivity index is 1.29. The van der Waals surface area contributed by atoms with Gasteiger partial charge in [-0.2, -0.15) is 0 Å². The topological polar surface area (TPSA) is 93.9 Å². The molecule has 3 heterocycles.